The zero-order chi connectivity index (χ0) is 15.1. The van der Waals surface area contributed by atoms with Crippen molar-refractivity contribution in [2.24, 2.45) is 17.1 Å². The van der Waals surface area contributed by atoms with Crippen LogP contribution in [-0.2, 0) is 9.53 Å². The summed E-state index contributed by atoms with van der Waals surface area (Å²) in [6.45, 7) is 7.00. The summed E-state index contributed by atoms with van der Waals surface area (Å²) in [5.74, 6) is 1.23. The van der Waals surface area contributed by atoms with Crippen molar-refractivity contribution >= 4 is 17.7 Å². The molecule has 4 nitrogen and oxygen atoms in total. The Morgan fingerprint density at radius 2 is 2.20 bits per heavy atom. The number of rotatable bonds is 5. The molecule has 0 aromatic carbocycles. The second kappa shape index (κ2) is 5.50. The molecule has 4 unspecified atom stereocenters. The maximum absolute atomic E-state index is 13.0. The van der Waals surface area contributed by atoms with Crippen molar-refractivity contribution in [3.05, 3.63) is 0 Å². The molecular formula is C15H28N2O2S. The van der Waals surface area contributed by atoms with E-state index in [9.17, 15) is 4.79 Å². The van der Waals surface area contributed by atoms with E-state index in [1.54, 1.807) is 11.8 Å². The molecule has 1 aliphatic carbocycles. The Bertz CT molecular complexity index is 388. The highest BCUT2D eigenvalue weighted by Gasteiger charge is 2.71. The maximum atomic E-state index is 13.0. The van der Waals surface area contributed by atoms with Gasteiger partial charge in [0.25, 0.3) is 0 Å². The van der Waals surface area contributed by atoms with E-state index in [4.69, 9.17) is 10.5 Å². The molecule has 0 spiro atoms. The molecule has 1 saturated heterocycles. The van der Waals surface area contributed by atoms with Crippen molar-refractivity contribution < 1.29 is 9.53 Å². The number of hydrogen-bond acceptors (Lipinski definition) is 4. The average molecular weight is 300 g/mol. The highest BCUT2D eigenvalue weighted by atomic mass is 32.2. The Hall–Kier alpha value is -0.260. The highest BCUT2D eigenvalue weighted by Crippen LogP contribution is 2.58. The van der Waals surface area contributed by atoms with Crippen LogP contribution >= 0.6 is 11.8 Å². The third-order valence-corrected chi connectivity index (χ3v) is 6.22. The van der Waals surface area contributed by atoms with Crippen LogP contribution in [0.25, 0.3) is 0 Å². The number of carbonyl (C=O) groups is 1. The van der Waals surface area contributed by atoms with Gasteiger partial charge >= 0.3 is 0 Å². The quantitative estimate of drug-likeness (QED) is 0.840. The summed E-state index contributed by atoms with van der Waals surface area (Å²) in [6.07, 6.45) is 4.09. The van der Waals surface area contributed by atoms with Crippen molar-refractivity contribution in [2.45, 2.75) is 51.3 Å². The molecule has 2 rings (SSSR count). The molecule has 1 saturated carbocycles. The van der Waals surface area contributed by atoms with Crippen molar-refractivity contribution in [2.75, 3.05) is 25.7 Å². The summed E-state index contributed by atoms with van der Waals surface area (Å²) in [7, 11) is 1.90. The van der Waals surface area contributed by atoms with Crippen molar-refractivity contribution in [1.82, 2.24) is 4.90 Å². The molecule has 0 radical (unpaired) electrons. The molecule has 4 atom stereocenters. The molecule has 0 bridgehead atoms. The maximum Gasteiger partial charge on any atom is 0.243 e. The first-order chi connectivity index (χ1) is 9.32. The summed E-state index contributed by atoms with van der Waals surface area (Å²) in [5.41, 5.74) is 5.57. The van der Waals surface area contributed by atoms with Gasteiger partial charge in [0.05, 0.1) is 6.10 Å². The molecule has 5 heteroatoms. The minimum absolute atomic E-state index is 0.0927. The molecule has 1 heterocycles. The summed E-state index contributed by atoms with van der Waals surface area (Å²) >= 11 is 1.78. The lowest BCUT2D eigenvalue weighted by Crippen LogP contribution is -2.80. The number of amides is 1. The SMILES string of the molecule is CCC(CSC)N(C)C(=O)C1(N)C2CCOC2C1(C)C. The van der Waals surface area contributed by atoms with E-state index in [1.807, 2.05) is 11.9 Å². The standard InChI is InChI=1S/C15H28N2O2S/c1-6-10(9-20-5)17(4)13(18)15(16)11-7-8-19-12(11)14(15,2)3/h10-12H,6-9,16H2,1-5H3. The smallest absolute Gasteiger partial charge is 0.243 e. The van der Waals surface area contributed by atoms with Crippen LogP contribution in [0.5, 0.6) is 0 Å². The van der Waals surface area contributed by atoms with Crippen LogP contribution in [0, 0.1) is 11.3 Å². The first-order valence-corrected chi connectivity index (χ1v) is 8.88. The lowest BCUT2D eigenvalue weighted by atomic mass is 9.47. The number of ether oxygens (including phenoxy) is 1. The van der Waals surface area contributed by atoms with Crippen LogP contribution in [0.1, 0.15) is 33.6 Å². The normalized spacial score (nSPS) is 36.1. The van der Waals surface area contributed by atoms with Gasteiger partial charge in [-0.05, 0) is 19.1 Å². The number of nitrogens with zero attached hydrogens (tertiary/aromatic N) is 1. The molecule has 2 fully saturated rings. The minimum Gasteiger partial charge on any atom is -0.377 e. The topological polar surface area (TPSA) is 55.6 Å². The first kappa shape index (κ1) is 16.1. The summed E-state index contributed by atoms with van der Waals surface area (Å²) in [6, 6.07) is 0.259. The number of likely N-dealkylation sites (N-methyl/N-ethyl adjacent to an activating group) is 1. The first-order valence-electron chi connectivity index (χ1n) is 7.49. The molecule has 1 amide bonds. The average Bonchev–Trinajstić information content (AvgIpc) is 2.90. The van der Waals surface area contributed by atoms with Crippen LogP contribution in [0.3, 0.4) is 0 Å². The van der Waals surface area contributed by atoms with E-state index >= 15 is 0 Å². The molecule has 20 heavy (non-hydrogen) atoms. The van der Waals surface area contributed by atoms with Crippen molar-refractivity contribution in [1.29, 1.82) is 0 Å². The summed E-state index contributed by atoms with van der Waals surface area (Å²) < 4.78 is 5.77. The fourth-order valence-corrected chi connectivity index (χ4v) is 4.82. The van der Waals surface area contributed by atoms with Crippen LogP contribution in [0.2, 0.25) is 0 Å². The highest BCUT2D eigenvalue weighted by molar-refractivity contribution is 7.98. The minimum atomic E-state index is -0.769. The fraction of sp³-hybridized carbons (Fsp3) is 0.933. The molecule has 1 aliphatic heterocycles. The summed E-state index contributed by atoms with van der Waals surface area (Å²) in [4.78, 5) is 14.9. The number of thioether (sulfide) groups is 1. The number of fused-ring (bicyclic) bond motifs is 1. The van der Waals surface area contributed by atoms with Gasteiger partial charge in [-0.1, -0.05) is 20.8 Å². The predicted molar refractivity (Wildman–Crippen MR) is 83.8 cm³/mol. The van der Waals surface area contributed by atoms with Gasteiger partial charge in [-0.2, -0.15) is 11.8 Å². The van der Waals surface area contributed by atoms with Gasteiger partial charge in [0, 0.05) is 36.8 Å². The second-order valence-corrected chi connectivity index (χ2v) is 7.62. The molecule has 2 N–H and O–H groups in total. The van der Waals surface area contributed by atoms with E-state index in [2.05, 4.69) is 27.0 Å². The Kier molecular flexibility index (Phi) is 4.43. The third kappa shape index (κ3) is 2.01. The Morgan fingerprint density at radius 3 is 2.75 bits per heavy atom. The van der Waals surface area contributed by atoms with Crippen LogP contribution in [0.15, 0.2) is 0 Å². The molecule has 116 valence electrons. The van der Waals surface area contributed by atoms with E-state index in [-0.39, 0.29) is 29.4 Å². The Morgan fingerprint density at radius 1 is 1.55 bits per heavy atom. The van der Waals surface area contributed by atoms with Gasteiger partial charge in [-0.25, -0.2) is 0 Å². The zero-order valence-electron chi connectivity index (χ0n) is 13.3. The monoisotopic (exact) mass is 300 g/mol. The summed E-state index contributed by atoms with van der Waals surface area (Å²) in [5, 5.41) is 0. The van der Waals surface area contributed by atoms with Gasteiger partial charge in [0.15, 0.2) is 0 Å². The Balaban J connectivity index is 2.19. The molecule has 2 aliphatic rings. The number of nitrogens with two attached hydrogens (primary N) is 1. The Labute approximate surface area is 126 Å². The van der Waals surface area contributed by atoms with Crippen molar-refractivity contribution in [3.63, 3.8) is 0 Å². The van der Waals surface area contributed by atoms with E-state index < -0.39 is 5.54 Å². The molecular weight excluding hydrogens is 272 g/mol. The lowest BCUT2D eigenvalue weighted by molar-refractivity contribution is -0.184. The number of carbonyl (C=O) groups excluding carboxylic acids is 1. The van der Waals surface area contributed by atoms with Gasteiger partial charge in [0.2, 0.25) is 5.91 Å². The second-order valence-electron chi connectivity index (χ2n) is 6.71. The fourth-order valence-electron chi connectivity index (χ4n) is 3.97. The largest absolute Gasteiger partial charge is 0.377 e. The van der Waals surface area contributed by atoms with E-state index in [0.29, 0.717) is 0 Å². The van der Waals surface area contributed by atoms with Crippen LogP contribution in [-0.4, -0.2) is 54.2 Å². The van der Waals surface area contributed by atoms with Gasteiger partial charge < -0.3 is 15.4 Å². The van der Waals surface area contributed by atoms with Gasteiger partial charge in [-0.3, -0.25) is 4.79 Å². The predicted octanol–water partition coefficient (Wildman–Crippen LogP) is 1.73. The molecule has 0 aromatic heterocycles. The third-order valence-electron chi connectivity index (χ3n) is 5.51. The van der Waals surface area contributed by atoms with Crippen molar-refractivity contribution in [3.8, 4) is 0 Å². The van der Waals surface area contributed by atoms with Gasteiger partial charge in [-0.15, -0.1) is 0 Å². The van der Waals surface area contributed by atoms with Gasteiger partial charge in [0.1, 0.15) is 5.54 Å². The van der Waals surface area contributed by atoms with E-state index in [1.165, 1.54) is 0 Å². The van der Waals surface area contributed by atoms with E-state index in [0.717, 1.165) is 25.2 Å². The zero-order valence-corrected chi connectivity index (χ0v) is 14.1. The lowest BCUT2D eigenvalue weighted by Gasteiger charge is -2.61. The van der Waals surface area contributed by atoms with Crippen LogP contribution < -0.4 is 5.73 Å². The number of hydrogen-bond donors (Lipinski definition) is 1. The van der Waals surface area contributed by atoms with Crippen LogP contribution in [0.4, 0.5) is 0 Å². The molecule has 0 aromatic rings.